The molecule has 0 saturated heterocycles. The lowest BCUT2D eigenvalue weighted by Gasteiger charge is -2.26. The lowest BCUT2D eigenvalue weighted by atomic mass is 10.2. The van der Waals surface area contributed by atoms with Crippen molar-refractivity contribution in [1.29, 1.82) is 0 Å². The number of hydrogen-bond acceptors (Lipinski definition) is 4. The molecule has 29 heavy (non-hydrogen) atoms. The molecule has 5 nitrogen and oxygen atoms in total. The van der Waals surface area contributed by atoms with Gasteiger partial charge in [-0.1, -0.05) is 29.8 Å². The van der Waals surface area contributed by atoms with E-state index in [4.69, 9.17) is 21.1 Å². The van der Waals surface area contributed by atoms with E-state index in [2.05, 4.69) is 0 Å². The molecule has 0 amide bonds. The third-order valence-corrected chi connectivity index (χ3v) is 6.97. The molecule has 3 aromatic rings. The van der Waals surface area contributed by atoms with Gasteiger partial charge in [0, 0.05) is 11.1 Å². The summed E-state index contributed by atoms with van der Waals surface area (Å²) in [6.45, 7) is 1.66. The van der Waals surface area contributed by atoms with Gasteiger partial charge in [-0.2, -0.15) is 0 Å². The van der Waals surface area contributed by atoms with E-state index in [0.29, 0.717) is 33.3 Å². The van der Waals surface area contributed by atoms with Crippen LogP contribution in [0.1, 0.15) is 11.1 Å². The molecule has 0 atom stereocenters. The van der Waals surface area contributed by atoms with Gasteiger partial charge in [-0.05, 0) is 54.4 Å². The summed E-state index contributed by atoms with van der Waals surface area (Å²) in [6.07, 6.45) is 0. The second kappa shape index (κ2) is 7.57. The predicted molar refractivity (Wildman–Crippen MR) is 109 cm³/mol. The first kappa shape index (κ1) is 19.5. The number of halogens is 2. The van der Waals surface area contributed by atoms with Crippen LogP contribution in [0.4, 0.5) is 10.1 Å². The monoisotopic (exact) mass is 433 g/mol. The summed E-state index contributed by atoms with van der Waals surface area (Å²) in [7, 11) is -4.01. The van der Waals surface area contributed by atoms with Gasteiger partial charge in [0.2, 0.25) is 6.79 Å². The maximum atomic E-state index is 13.7. The normalized spacial score (nSPS) is 12.8. The number of fused-ring (bicyclic) bond motifs is 1. The van der Waals surface area contributed by atoms with Gasteiger partial charge >= 0.3 is 0 Å². The molecule has 0 radical (unpaired) electrons. The highest BCUT2D eigenvalue weighted by atomic mass is 35.5. The smallest absolute Gasteiger partial charge is 0.264 e. The molecule has 1 aliphatic rings. The van der Waals surface area contributed by atoms with Crippen LogP contribution in [0.3, 0.4) is 0 Å². The summed E-state index contributed by atoms with van der Waals surface area (Å²) < 4.78 is 52.8. The van der Waals surface area contributed by atoms with E-state index in [1.165, 1.54) is 22.5 Å². The molecule has 0 spiro atoms. The number of anilines is 1. The van der Waals surface area contributed by atoms with Crippen LogP contribution in [0.25, 0.3) is 0 Å². The fourth-order valence-corrected chi connectivity index (χ4v) is 5.07. The molecule has 8 heteroatoms. The standard InChI is InChI=1S/C21H17ClFNO4S/c1-14-18(22)6-3-7-21(14)29(25,26)24(12-15-4-2-5-16(23)10-15)17-8-9-19-20(11-17)28-13-27-19/h2-11H,12-13H2,1H3. The number of benzene rings is 3. The van der Waals surface area contributed by atoms with Crippen LogP contribution in [-0.2, 0) is 16.6 Å². The van der Waals surface area contributed by atoms with Crippen molar-refractivity contribution in [2.75, 3.05) is 11.1 Å². The van der Waals surface area contributed by atoms with Crippen molar-refractivity contribution in [2.45, 2.75) is 18.4 Å². The van der Waals surface area contributed by atoms with Gasteiger partial charge in [0.25, 0.3) is 10.0 Å². The van der Waals surface area contributed by atoms with Gasteiger partial charge < -0.3 is 9.47 Å². The lowest BCUT2D eigenvalue weighted by molar-refractivity contribution is 0.174. The van der Waals surface area contributed by atoms with E-state index in [-0.39, 0.29) is 18.2 Å². The molecule has 150 valence electrons. The van der Waals surface area contributed by atoms with Crippen LogP contribution in [-0.4, -0.2) is 15.2 Å². The Balaban J connectivity index is 1.84. The molecular formula is C21H17ClFNO4S. The van der Waals surface area contributed by atoms with Crippen LogP contribution >= 0.6 is 11.6 Å². The topological polar surface area (TPSA) is 55.8 Å². The van der Waals surface area contributed by atoms with Crippen LogP contribution < -0.4 is 13.8 Å². The summed E-state index contributed by atoms with van der Waals surface area (Å²) >= 11 is 6.16. The zero-order valence-electron chi connectivity index (χ0n) is 15.4. The van der Waals surface area contributed by atoms with Crippen molar-refractivity contribution < 1.29 is 22.3 Å². The summed E-state index contributed by atoms with van der Waals surface area (Å²) in [5.41, 5.74) is 1.32. The largest absolute Gasteiger partial charge is 0.454 e. The average Bonchev–Trinajstić information content (AvgIpc) is 3.16. The van der Waals surface area contributed by atoms with Gasteiger partial charge in [-0.15, -0.1) is 0 Å². The van der Waals surface area contributed by atoms with Gasteiger partial charge in [0.1, 0.15) is 5.82 Å². The summed E-state index contributed by atoms with van der Waals surface area (Å²) in [5, 5.41) is 0.350. The van der Waals surface area contributed by atoms with Crippen LogP contribution in [0.15, 0.2) is 65.6 Å². The molecule has 0 aliphatic carbocycles. The van der Waals surface area contributed by atoms with Crippen molar-refractivity contribution in [3.8, 4) is 11.5 Å². The fourth-order valence-electron chi connectivity index (χ4n) is 3.14. The maximum Gasteiger partial charge on any atom is 0.264 e. The van der Waals surface area contributed by atoms with Crippen LogP contribution in [0.5, 0.6) is 11.5 Å². The molecule has 3 aromatic carbocycles. The van der Waals surface area contributed by atoms with E-state index in [0.717, 1.165) is 0 Å². The highest BCUT2D eigenvalue weighted by Crippen LogP contribution is 2.38. The minimum absolute atomic E-state index is 0.0638. The molecule has 0 aromatic heterocycles. The van der Waals surface area contributed by atoms with E-state index in [9.17, 15) is 12.8 Å². The molecule has 0 bridgehead atoms. The van der Waals surface area contributed by atoms with E-state index < -0.39 is 15.8 Å². The van der Waals surface area contributed by atoms with Gasteiger partial charge in [0.05, 0.1) is 17.1 Å². The Morgan fingerprint density at radius 1 is 1.03 bits per heavy atom. The molecule has 0 unspecified atom stereocenters. The molecular weight excluding hydrogens is 417 g/mol. The van der Waals surface area contributed by atoms with Gasteiger partial charge in [-0.25, -0.2) is 12.8 Å². The van der Waals surface area contributed by atoms with Gasteiger partial charge in [0.15, 0.2) is 11.5 Å². The number of nitrogens with zero attached hydrogens (tertiary/aromatic N) is 1. The first-order chi connectivity index (χ1) is 13.9. The highest BCUT2D eigenvalue weighted by molar-refractivity contribution is 7.92. The Morgan fingerprint density at radius 3 is 2.59 bits per heavy atom. The summed E-state index contributed by atoms with van der Waals surface area (Å²) in [6, 6.07) is 15.4. The van der Waals surface area contributed by atoms with Gasteiger partial charge in [-0.3, -0.25) is 4.31 Å². The lowest BCUT2D eigenvalue weighted by Crippen LogP contribution is -2.31. The number of ether oxygens (including phenoxy) is 2. The molecule has 4 rings (SSSR count). The predicted octanol–water partition coefficient (Wildman–Crippen LogP) is 4.91. The van der Waals surface area contributed by atoms with E-state index in [1.807, 2.05) is 0 Å². The first-order valence-electron chi connectivity index (χ1n) is 8.78. The Hall–Kier alpha value is -2.77. The number of hydrogen-bond donors (Lipinski definition) is 0. The van der Waals surface area contributed by atoms with E-state index >= 15 is 0 Å². The molecule has 0 saturated carbocycles. The molecule has 1 aliphatic heterocycles. The zero-order chi connectivity index (χ0) is 20.6. The van der Waals surface area contributed by atoms with Crippen LogP contribution in [0, 0.1) is 12.7 Å². The number of sulfonamides is 1. The Bertz CT molecular complexity index is 1180. The second-order valence-electron chi connectivity index (χ2n) is 6.54. The van der Waals surface area contributed by atoms with Crippen molar-refractivity contribution in [3.63, 3.8) is 0 Å². The Kier molecular flexibility index (Phi) is 5.10. The van der Waals surface area contributed by atoms with E-state index in [1.54, 1.807) is 49.4 Å². The third-order valence-electron chi connectivity index (χ3n) is 4.65. The third kappa shape index (κ3) is 3.75. The zero-order valence-corrected chi connectivity index (χ0v) is 17.0. The highest BCUT2D eigenvalue weighted by Gasteiger charge is 2.29. The van der Waals surface area contributed by atoms with Crippen molar-refractivity contribution in [1.82, 2.24) is 0 Å². The van der Waals surface area contributed by atoms with Crippen molar-refractivity contribution in [2.24, 2.45) is 0 Å². The molecule has 0 N–H and O–H groups in total. The minimum Gasteiger partial charge on any atom is -0.454 e. The van der Waals surface area contributed by atoms with Crippen molar-refractivity contribution in [3.05, 3.63) is 82.6 Å². The molecule has 1 heterocycles. The fraction of sp³-hybridized carbons (Fsp3) is 0.143. The summed E-state index contributed by atoms with van der Waals surface area (Å²) in [4.78, 5) is 0.0825. The first-order valence-corrected chi connectivity index (χ1v) is 10.6. The Morgan fingerprint density at radius 2 is 1.79 bits per heavy atom. The summed E-state index contributed by atoms with van der Waals surface area (Å²) in [5.74, 6) is 0.546. The second-order valence-corrected chi connectivity index (χ2v) is 8.78. The molecule has 0 fully saturated rings. The SMILES string of the molecule is Cc1c(Cl)cccc1S(=O)(=O)N(Cc1cccc(F)c1)c1ccc2c(c1)OCO2. The quantitative estimate of drug-likeness (QED) is 0.573. The Labute approximate surface area is 173 Å². The minimum atomic E-state index is -4.01. The van der Waals surface area contributed by atoms with Crippen molar-refractivity contribution >= 4 is 27.3 Å². The average molecular weight is 434 g/mol. The van der Waals surface area contributed by atoms with Crippen LogP contribution in [0.2, 0.25) is 5.02 Å². The maximum absolute atomic E-state index is 13.7. The number of rotatable bonds is 5.